The Labute approximate surface area is 132 Å². The molecule has 0 spiro atoms. The van der Waals surface area contributed by atoms with E-state index in [1.807, 2.05) is 0 Å². The van der Waals surface area contributed by atoms with Crippen LogP contribution in [0.4, 0.5) is 0 Å². The second-order valence-corrected chi connectivity index (χ2v) is 6.85. The molecule has 2 rings (SSSR count). The Hall–Kier alpha value is -1.58. The van der Waals surface area contributed by atoms with Gasteiger partial charge in [0.15, 0.2) is 0 Å². The van der Waals surface area contributed by atoms with Crippen molar-refractivity contribution in [2.24, 2.45) is 17.3 Å². The molecule has 0 bridgehead atoms. The van der Waals surface area contributed by atoms with E-state index in [4.69, 9.17) is 9.47 Å². The molecule has 0 N–H and O–H groups in total. The first-order chi connectivity index (χ1) is 10.3. The van der Waals surface area contributed by atoms with Gasteiger partial charge in [-0.15, -0.1) is 0 Å². The predicted molar refractivity (Wildman–Crippen MR) is 84.0 cm³/mol. The lowest BCUT2D eigenvalue weighted by Crippen LogP contribution is -2.50. The largest absolute Gasteiger partial charge is 0.466 e. The number of methoxy groups -OCH3 is 1. The van der Waals surface area contributed by atoms with Gasteiger partial charge in [-0.1, -0.05) is 25.7 Å². The fourth-order valence-corrected chi connectivity index (χ4v) is 4.21. The quantitative estimate of drug-likeness (QED) is 0.455. The fraction of sp³-hybridized carbons (Fsp3) is 0.667. The van der Waals surface area contributed by atoms with Gasteiger partial charge in [0.1, 0.15) is 6.10 Å². The first kappa shape index (κ1) is 16.8. The zero-order valence-electron chi connectivity index (χ0n) is 13.8. The third-order valence-electron chi connectivity index (χ3n) is 5.51. The predicted octanol–water partition coefficient (Wildman–Crippen LogP) is 3.42. The van der Waals surface area contributed by atoms with Crippen molar-refractivity contribution in [1.29, 1.82) is 0 Å². The molecule has 0 unspecified atom stereocenters. The van der Waals surface area contributed by atoms with Crippen LogP contribution in [0, 0.1) is 17.3 Å². The van der Waals surface area contributed by atoms with Crippen LogP contribution < -0.4 is 0 Å². The molecule has 0 aromatic rings. The molecule has 2 aliphatic carbocycles. The molecule has 4 nitrogen and oxygen atoms in total. The van der Waals surface area contributed by atoms with Crippen molar-refractivity contribution >= 4 is 11.9 Å². The summed E-state index contributed by atoms with van der Waals surface area (Å²) < 4.78 is 10.4. The van der Waals surface area contributed by atoms with E-state index >= 15 is 0 Å². The van der Waals surface area contributed by atoms with Crippen LogP contribution in [-0.4, -0.2) is 25.2 Å². The average molecular weight is 306 g/mol. The van der Waals surface area contributed by atoms with Crippen LogP contribution in [0.3, 0.4) is 0 Å². The molecule has 4 atom stereocenters. The summed E-state index contributed by atoms with van der Waals surface area (Å²) in [5, 5.41) is 0. The zero-order valence-corrected chi connectivity index (χ0v) is 13.8. The van der Waals surface area contributed by atoms with Crippen molar-refractivity contribution in [3.63, 3.8) is 0 Å². The Balaban J connectivity index is 2.29. The molecule has 0 aliphatic heterocycles. The summed E-state index contributed by atoms with van der Waals surface area (Å²) >= 11 is 0. The second-order valence-electron chi connectivity index (χ2n) is 6.85. The minimum atomic E-state index is -0.378. The monoisotopic (exact) mass is 306 g/mol. The topological polar surface area (TPSA) is 52.6 Å². The van der Waals surface area contributed by atoms with Crippen LogP contribution >= 0.6 is 0 Å². The molecule has 0 aromatic heterocycles. The Morgan fingerprint density at radius 2 is 2.00 bits per heavy atom. The van der Waals surface area contributed by atoms with Crippen LogP contribution in [0.1, 0.15) is 46.0 Å². The Morgan fingerprint density at radius 3 is 2.59 bits per heavy atom. The normalized spacial score (nSPS) is 34.5. The van der Waals surface area contributed by atoms with Crippen LogP contribution in [0.25, 0.3) is 0 Å². The second kappa shape index (κ2) is 6.27. The third kappa shape index (κ3) is 2.96. The molecule has 2 aliphatic rings. The summed E-state index contributed by atoms with van der Waals surface area (Å²) in [6.07, 6.45) is 4.37. The van der Waals surface area contributed by atoms with Gasteiger partial charge in [-0.25, -0.2) is 4.79 Å². The Morgan fingerprint density at radius 1 is 1.32 bits per heavy atom. The molecule has 22 heavy (non-hydrogen) atoms. The number of hydrogen-bond donors (Lipinski definition) is 0. The van der Waals surface area contributed by atoms with E-state index in [1.165, 1.54) is 19.6 Å². The van der Waals surface area contributed by atoms with Gasteiger partial charge in [-0.2, -0.15) is 0 Å². The summed E-state index contributed by atoms with van der Waals surface area (Å²) in [6, 6.07) is 0. The number of hydrogen-bond acceptors (Lipinski definition) is 4. The molecule has 2 fully saturated rings. The maximum atomic E-state index is 11.8. The summed E-state index contributed by atoms with van der Waals surface area (Å²) in [7, 11) is 1.36. The molecule has 0 saturated heterocycles. The molecule has 4 heteroatoms. The number of fused-ring (bicyclic) bond motifs is 1. The summed E-state index contributed by atoms with van der Waals surface area (Å²) in [4.78, 5) is 23.3. The highest BCUT2D eigenvalue weighted by Gasteiger charge is 2.51. The van der Waals surface area contributed by atoms with Crippen molar-refractivity contribution in [1.82, 2.24) is 0 Å². The van der Waals surface area contributed by atoms with Gasteiger partial charge in [0, 0.05) is 17.9 Å². The fourth-order valence-electron chi connectivity index (χ4n) is 4.21. The molecule has 0 aromatic carbocycles. The average Bonchev–Trinajstić information content (AvgIpc) is 2.46. The first-order valence-electron chi connectivity index (χ1n) is 7.91. The van der Waals surface area contributed by atoms with Crippen LogP contribution in [-0.2, 0) is 19.1 Å². The van der Waals surface area contributed by atoms with Crippen molar-refractivity contribution in [3.05, 3.63) is 24.3 Å². The summed E-state index contributed by atoms with van der Waals surface area (Å²) in [5.74, 6) is -0.419. The van der Waals surface area contributed by atoms with Gasteiger partial charge in [0.05, 0.1) is 7.11 Å². The van der Waals surface area contributed by atoms with Gasteiger partial charge in [0.2, 0.25) is 0 Å². The number of esters is 2. The van der Waals surface area contributed by atoms with Crippen LogP contribution in [0.2, 0.25) is 0 Å². The summed E-state index contributed by atoms with van der Waals surface area (Å²) in [6.45, 7) is 11.8. The van der Waals surface area contributed by atoms with Crippen molar-refractivity contribution in [3.8, 4) is 0 Å². The number of carbonyl (C=O) groups excluding carboxylic acids is 2. The molecule has 0 radical (unpaired) electrons. The van der Waals surface area contributed by atoms with Gasteiger partial charge >= 0.3 is 11.9 Å². The number of allylic oxidation sites excluding steroid dienone is 1. The standard InChI is InChI=1S/C18H26O4/c1-11-7-6-8-18(4)15(11)9-14(12(2)17(20)21-5)10-16(18)22-13(3)19/h14-16H,1-2,6-10H2,3-5H3/t14-,15-,16-,18-/m0/s1. The number of rotatable bonds is 3. The molecular formula is C18H26O4. The molecule has 122 valence electrons. The number of ether oxygens (including phenoxy) is 2. The van der Waals surface area contributed by atoms with Gasteiger partial charge in [-0.05, 0) is 43.9 Å². The van der Waals surface area contributed by atoms with E-state index in [-0.39, 0.29) is 35.3 Å². The highest BCUT2D eigenvalue weighted by molar-refractivity contribution is 5.88. The maximum absolute atomic E-state index is 11.8. The Kier molecular flexibility index (Phi) is 4.78. The highest BCUT2D eigenvalue weighted by Crippen LogP contribution is 2.55. The minimum Gasteiger partial charge on any atom is -0.466 e. The van der Waals surface area contributed by atoms with E-state index < -0.39 is 0 Å². The maximum Gasteiger partial charge on any atom is 0.333 e. The van der Waals surface area contributed by atoms with Gasteiger partial charge in [0.25, 0.3) is 0 Å². The third-order valence-corrected chi connectivity index (χ3v) is 5.51. The Bertz CT molecular complexity index is 507. The van der Waals surface area contributed by atoms with E-state index in [9.17, 15) is 9.59 Å². The zero-order chi connectivity index (χ0) is 16.5. The first-order valence-corrected chi connectivity index (χ1v) is 7.91. The smallest absolute Gasteiger partial charge is 0.333 e. The molecular weight excluding hydrogens is 280 g/mol. The van der Waals surface area contributed by atoms with Crippen LogP contribution in [0.5, 0.6) is 0 Å². The number of carbonyl (C=O) groups is 2. The minimum absolute atomic E-state index is 0.0234. The lowest BCUT2D eigenvalue weighted by atomic mass is 9.55. The van der Waals surface area contributed by atoms with Crippen molar-refractivity contribution in [2.45, 2.75) is 52.1 Å². The van der Waals surface area contributed by atoms with Gasteiger partial charge < -0.3 is 9.47 Å². The summed E-state index contributed by atoms with van der Waals surface area (Å²) in [5.41, 5.74) is 1.59. The van der Waals surface area contributed by atoms with E-state index in [1.54, 1.807) is 0 Å². The molecule has 0 heterocycles. The van der Waals surface area contributed by atoms with Gasteiger partial charge in [-0.3, -0.25) is 4.79 Å². The van der Waals surface area contributed by atoms with Crippen molar-refractivity contribution < 1.29 is 19.1 Å². The SMILES string of the molecule is C=C(C(=O)OC)[C@@H]1C[C@H](OC(C)=O)[C@@]2(C)CCCC(=C)[C@@H]2C1. The van der Waals surface area contributed by atoms with E-state index in [0.29, 0.717) is 12.0 Å². The highest BCUT2D eigenvalue weighted by atomic mass is 16.5. The van der Waals surface area contributed by atoms with E-state index in [0.717, 1.165) is 25.7 Å². The van der Waals surface area contributed by atoms with Crippen LogP contribution in [0.15, 0.2) is 24.3 Å². The lowest BCUT2D eigenvalue weighted by Gasteiger charge is -2.52. The molecule has 2 saturated carbocycles. The lowest BCUT2D eigenvalue weighted by molar-refractivity contribution is -0.163. The molecule has 0 amide bonds. The van der Waals surface area contributed by atoms with E-state index in [2.05, 4.69) is 20.1 Å². The van der Waals surface area contributed by atoms with Crippen molar-refractivity contribution in [2.75, 3.05) is 7.11 Å².